The fourth-order valence-corrected chi connectivity index (χ4v) is 3.97. The van der Waals surface area contributed by atoms with Gasteiger partial charge in [-0.25, -0.2) is 8.42 Å². The van der Waals surface area contributed by atoms with Crippen molar-refractivity contribution in [3.8, 4) is 0 Å². The van der Waals surface area contributed by atoms with E-state index >= 15 is 0 Å². The zero-order valence-corrected chi connectivity index (χ0v) is 13.9. The lowest BCUT2D eigenvalue weighted by atomic mass is 10.2. The lowest BCUT2D eigenvalue weighted by Gasteiger charge is -2.08. The molecule has 0 aliphatic rings. The standard InChI is InChI=1S/C12H16N4O4S2/c1-6(2)11-14-12(20-15-11)7(3)16-22(18,19)9-4-8(5-21-9)10(13)17/h4-7,16H,1-3H3,(H2,13,17). The van der Waals surface area contributed by atoms with Gasteiger partial charge in [-0.2, -0.15) is 9.71 Å². The molecule has 0 aliphatic carbocycles. The third-order valence-electron chi connectivity index (χ3n) is 2.80. The van der Waals surface area contributed by atoms with Crippen LogP contribution in [0.1, 0.15) is 54.8 Å². The van der Waals surface area contributed by atoms with Gasteiger partial charge >= 0.3 is 0 Å². The van der Waals surface area contributed by atoms with Gasteiger partial charge in [0.05, 0.1) is 11.6 Å². The Hall–Kier alpha value is -1.78. The van der Waals surface area contributed by atoms with Crippen molar-refractivity contribution in [3.05, 3.63) is 28.7 Å². The zero-order chi connectivity index (χ0) is 16.5. The summed E-state index contributed by atoms with van der Waals surface area (Å²) in [5.41, 5.74) is 5.26. The van der Waals surface area contributed by atoms with E-state index in [0.29, 0.717) is 5.82 Å². The zero-order valence-electron chi connectivity index (χ0n) is 12.2. The van der Waals surface area contributed by atoms with Crippen molar-refractivity contribution in [2.75, 3.05) is 0 Å². The molecule has 2 aromatic heterocycles. The number of aromatic nitrogens is 2. The van der Waals surface area contributed by atoms with Crippen LogP contribution in [-0.4, -0.2) is 24.5 Å². The van der Waals surface area contributed by atoms with Crippen LogP contribution in [0.25, 0.3) is 0 Å². The summed E-state index contributed by atoms with van der Waals surface area (Å²) in [5, 5.41) is 5.18. The van der Waals surface area contributed by atoms with Crippen LogP contribution in [0.5, 0.6) is 0 Å². The molecule has 1 atom stereocenters. The Bertz CT molecular complexity index is 779. The van der Waals surface area contributed by atoms with E-state index in [1.807, 2.05) is 13.8 Å². The highest BCUT2D eigenvalue weighted by molar-refractivity contribution is 7.91. The molecular weight excluding hydrogens is 328 g/mol. The highest BCUT2D eigenvalue weighted by atomic mass is 32.2. The summed E-state index contributed by atoms with van der Waals surface area (Å²) in [6.45, 7) is 5.40. The van der Waals surface area contributed by atoms with Crippen LogP contribution >= 0.6 is 11.3 Å². The molecule has 2 heterocycles. The van der Waals surface area contributed by atoms with Gasteiger partial charge in [-0.15, -0.1) is 11.3 Å². The molecule has 0 fully saturated rings. The maximum Gasteiger partial charge on any atom is 0.250 e. The van der Waals surface area contributed by atoms with Gasteiger partial charge in [-0.3, -0.25) is 4.79 Å². The van der Waals surface area contributed by atoms with Crippen molar-refractivity contribution >= 4 is 27.3 Å². The molecule has 3 N–H and O–H groups in total. The SMILES string of the molecule is CC(C)c1noc(C(C)NS(=O)(=O)c2cc(C(N)=O)cs2)n1. The molecular formula is C12H16N4O4S2. The number of thiophene rings is 1. The molecule has 2 rings (SSSR count). The molecule has 120 valence electrons. The van der Waals surface area contributed by atoms with E-state index in [2.05, 4.69) is 14.9 Å². The molecule has 0 saturated heterocycles. The number of primary amides is 1. The average Bonchev–Trinajstić information content (AvgIpc) is 3.08. The number of hydrogen-bond acceptors (Lipinski definition) is 7. The number of carbonyl (C=O) groups excluding carboxylic acids is 1. The quantitative estimate of drug-likeness (QED) is 0.815. The van der Waals surface area contributed by atoms with Crippen LogP contribution in [0.4, 0.5) is 0 Å². The summed E-state index contributed by atoms with van der Waals surface area (Å²) < 4.78 is 32.0. The van der Waals surface area contributed by atoms with Gasteiger partial charge in [0.2, 0.25) is 11.8 Å². The summed E-state index contributed by atoms with van der Waals surface area (Å²) >= 11 is 0.914. The summed E-state index contributed by atoms with van der Waals surface area (Å²) in [4.78, 5) is 15.2. The number of nitrogens with zero attached hydrogens (tertiary/aromatic N) is 2. The largest absolute Gasteiger partial charge is 0.366 e. The summed E-state index contributed by atoms with van der Waals surface area (Å²) in [6.07, 6.45) is 0. The Labute approximate surface area is 131 Å². The Balaban J connectivity index is 2.17. The fourth-order valence-electron chi connectivity index (χ4n) is 1.59. The van der Waals surface area contributed by atoms with E-state index in [9.17, 15) is 13.2 Å². The van der Waals surface area contributed by atoms with Gasteiger partial charge in [0.1, 0.15) is 4.21 Å². The number of amides is 1. The second kappa shape index (κ2) is 6.15. The Morgan fingerprint density at radius 3 is 2.59 bits per heavy atom. The van der Waals surface area contributed by atoms with E-state index in [1.54, 1.807) is 6.92 Å². The molecule has 2 aromatic rings. The Kier molecular flexibility index (Phi) is 4.63. The molecule has 0 radical (unpaired) electrons. The van der Waals surface area contributed by atoms with Gasteiger partial charge in [-0.05, 0) is 13.0 Å². The van der Waals surface area contributed by atoms with E-state index in [0.717, 1.165) is 11.3 Å². The summed E-state index contributed by atoms with van der Waals surface area (Å²) in [5.74, 6) is 0.0908. The lowest BCUT2D eigenvalue weighted by molar-refractivity contribution is 0.100. The van der Waals surface area contributed by atoms with Crippen LogP contribution in [0, 0.1) is 0 Å². The van der Waals surface area contributed by atoms with E-state index in [1.165, 1.54) is 11.4 Å². The van der Waals surface area contributed by atoms with Crippen LogP contribution in [0.2, 0.25) is 0 Å². The van der Waals surface area contributed by atoms with Gasteiger partial charge in [-0.1, -0.05) is 19.0 Å². The molecule has 22 heavy (non-hydrogen) atoms. The van der Waals surface area contributed by atoms with Crippen LogP contribution in [0.15, 0.2) is 20.2 Å². The highest BCUT2D eigenvalue weighted by Gasteiger charge is 2.24. The first kappa shape index (κ1) is 16.6. The monoisotopic (exact) mass is 344 g/mol. The third kappa shape index (κ3) is 3.51. The maximum absolute atomic E-state index is 12.2. The van der Waals surface area contributed by atoms with Crippen molar-refractivity contribution in [1.82, 2.24) is 14.9 Å². The first-order chi connectivity index (χ1) is 10.2. The molecule has 0 aliphatic heterocycles. The van der Waals surface area contributed by atoms with Gasteiger partial charge < -0.3 is 10.3 Å². The highest BCUT2D eigenvalue weighted by Crippen LogP contribution is 2.22. The van der Waals surface area contributed by atoms with Gasteiger partial charge in [0.25, 0.3) is 10.0 Å². The lowest BCUT2D eigenvalue weighted by Crippen LogP contribution is -2.26. The minimum Gasteiger partial charge on any atom is -0.366 e. The van der Waals surface area contributed by atoms with Crippen molar-refractivity contribution in [1.29, 1.82) is 0 Å². The molecule has 8 nitrogen and oxygen atoms in total. The number of sulfonamides is 1. The predicted molar refractivity (Wildman–Crippen MR) is 80.0 cm³/mol. The van der Waals surface area contributed by atoms with Crippen LogP contribution in [0.3, 0.4) is 0 Å². The number of rotatable bonds is 6. The third-order valence-corrected chi connectivity index (χ3v) is 5.78. The molecule has 0 saturated carbocycles. The average molecular weight is 344 g/mol. The smallest absolute Gasteiger partial charge is 0.250 e. The van der Waals surface area contributed by atoms with Crippen molar-refractivity contribution < 1.29 is 17.7 Å². The molecule has 0 aromatic carbocycles. The molecule has 0 bridgehead atoms. The number of carbonyl (C=O) groups is 1. The minimum atomic E-state index is -3.80. The molecule has 0 spiro atoms. The first-order valence-electron chi connectivity index (χ1n) is 6.45. The Morgan fingerprint density at radius 1 is 1.41 bits per heavy atom. The molecule has 1 amide bonds. The van der Waals surface area contributed by atoms with E-state index < -0.39 is 22.0 Å². The van der Waals surface area contributed by atoms with Crippen LogP contribution in [-0.2, 0) is 10.0 Å². The summed E-state index contributed by atoms with van der Waals surface area (Å²) in [7, 11) is -3.80. The fraction of sp³-hybridized carbons (Fsp3) is 0.417. The van der Waals surface area contributed by atoms with E-state index in [4.69, 9.17) is 10.3 Å². The van der Waals surface area contributed by atoms with Crippen molar-refractivity contribution in [3.63, 3.8) is 0 Å². The second-order valence-electron chi connectivity index (χ2n) is 5.01. The second-order valence-corrected chi connectivity index (χ2v) is 7.86. The molecule has 10 heteroatoms. The van der Waals surface area contributed by atoms with E-state index in [-0.39, 0.29) is 21.6 Å². The number of nitrogens with two attached hydrogens (primary N) is 1. The van der Waals surface area contributed by atoms with Crippen molar-refractivity contribution in [2.45, 2.75) is 36.9 Å². The first-order valence-corrected chi connectivity index (χ1v) is 8.81. The number of nitrogens with one attached hydrogen (secondary N) is 1. The normalized spacial score (nSPS) is 13.5. The minimum absolute atomic E-state index is 0.00301. The van der Waals surface area contributed by atoms with Crippen molar-refractivity contribution in [2.24, 2.45) is 5.73 Å². The maximum atomic E-state index is 12.2. The number of hydrogen-bond donors (Lipinski definition) is 2. The summed E-state index contributed by atoms with van der Waals surface area (Å²) in [6, 6.07) is 0.541. The van der Waals surface area contributed by atoms with Gasteiger partial charge in [0.15, 0.2) is 5.82 Å². The molecule has 1 unspecified atom stereocenters. The van der Waals surface area contributed by atoms with Crippen LogP contribution < -0.4 is 10.5 Å². The predicted octanol–water partition coefficient (Wildman–Crippen LogP) is 1.39. The Morgan fingerprint density at radius 2 is 2.09 bits per heavy atom. The topological polar surface area (TPSA) is 128 Å². The van der Waals surface area contributed by atoms with Gasteiger partial charge in [0, 0.05) is 11.3 Å².